The van der Waals surface area contributed by atoms with Gasteiger partial charge in [-0.15, -0.1) is 0 Å². The highest BCUT2D eigenvalue weighted by Gasteiger charge is 2.71. The van der Waals surface area contributed by atoms with Crippen LogP contribution in [0, 0.1) is 73.9 Å². The van der Waals surface area contributed by atoms with Crippen molar-refractivity contribution in [1.29, 1.82) is 0 Å². The van der Waals surface area contributed by atoms with Crippen LogP contribution in [0.15, 0.2) is 36.4 Å². The monoisotopic (exact) mass is 670 g/mol. The number of hydrogen-bond acceptors (Lipinski definition) is 4. The largest absolute Gasteiger partial charge is 0.481 e. The molecule has 5 saturated carbocycles. The van der Waals surface area contributed by atoms with E-state index in [2.05, 4.69) is 66.0 Å². The van der Waals surface area contributed by atoms with Crippen LogP contribution >= 0.6 is 0 Å². The number of allylic oxidation sites excluding steroid dienone is 1. The summed E-state index contributed by atoms with van der Waals surface area (Å²) in [6, 6.07) is 8.05. The van der Waals surface area contributed by atoms with Gasteiger partial charge < -0.3 is 14.9 Å². The highest BCUT2D eigenvalue weighted by molar-refractivity contribution is 5.81. The first-order valence-corrected chi connectivity index (χ1v) is 19.2. The van der Waals surface area contributed by atoms with Crippen LogP contribution < -0.4 is 0 Å². The van der Waals surface area contributed by atoms with Crippen molar-refractivity contribution in [3.8, 4) is 11.8 Å². The number of benzene rings is 1. The van der Waals surface area contributed by atoms with Crippen LogP contribution in [0.4, 0.5) is 0 Å². The Labute approximate surface area is 296 Å². The standard InChI is InChI=1S/C44H62O5/c1-28(2)31-17-23-44(22-16-29-12-10-11-13-30(29)27-45)25-24-42(8)32(37(31)44)14-15-34-41(7)20-19-35(49-36(46)26-39(3,4)38(47)48)40(5,6)33(41)18-21-43(34,42)9/h10-13,31-35,37,45H,1,14-15,17-21,23-27H2,2-9H3,(H,47,48)/t31?,32?,33?,34?,35-,37?,41-,42+,43+,44+/m0/s1. The molecule has 0 radical (unpaired) electrons. The molecule has 1 aromatic carbocycles. The molecule has 5 heteroatoms. The van der Waals surface area contributed by atoms with Crippen molar-refractivity contribution in [3.05, 3.63) is 47.5 Å². The van der Waals surface area contributed by atoms with Gasteiger partial charge in [-0.1, -0.05) is 76.8 Å². The topological polar surface area (TPSA) is 83.8 Å². The molecule has 0 aliphatic heterocycles. The predicted octanol–water partition coefficient (Wildman–Crippen LogP) is 9.60. The Kier molecular flexibility index (Phi) is 9.08. The average Bonchev–Trinajstić information content (AvgIpc) is 3.42. The Morgan fingerprint density at radius 2 is 1.63 bits per heavy atom. The molecule has 6 rings (SSSR count). The van der Waals surface area contributed by atoms with Gasteiger partial charge in [-0.2, -0.15) is 0 Å². The molecule has 0 heterocycles. The number of aliphatic hydroxyl groups excluding tert-OH is 1. The average molecular weight is 671 g/mol. The van der Waals surface area contributed by atoms with E-state index in [1.807, 2.05) is 18.2 Å². The number of aliphatic carboxylic acids is 1. The molecule has 0 spiro atoms. The maximum atomic E-state index is 13.1. The molecule has 0 saturated heterocycles. The molecular weight excluding hydrogens is 608 g/mol. The molecule has 2 N–H and O–H groups in total. The van der Waals surface area contributed by atoms with Gasteiger partial charge in [0.2, 0.25) is 0 Å². The summed E-state index contributed by atoms with van der Waals surface area (Å²) in [6.07, 6.45) is 11.0. The smallest absolute Gasteiger partial charge is 0.309 e. The third-order valence-electron chi connectivity index (χ3n) is 16.1. The van der Waals surface area contributed by atoms with E-state index in [1.165, 1.54) is 37.7 Å². The highest BCUT2D eigenvalue weighted by atomic mass is 16.5. The summed E-state index contributed by atoms with van der Waals surface area (Å²) in [5, 5.41) is 19.6. The van der Waals surface area contributed by atoms with E-state index >= 15 is 0 Å². The maximum absolute atomic E-state index is 13.1. The second-order valence-corrected chi connectivity index (χ2v) is 19.1. The van der Waals surface area contributed by atoms with Crippen LogP contribution in [0.5, 0.6) is 0 Å². The van der Waals surface area contributed by atoms with E-state index in [4.69, 9.17) is 4.74 Å². The van der Waals surface area contributed by atoms with Gasteiger partial charge in [0.05, 0.1) is 18.4 Å². The minimum absolute atomic E-state index is 0.0127. The Morgan fingerprint density at radius 1 is 0.918 bits per heavy atom. The van der Waals surface area contributed by atoms with Crippen molar-refractivity contribution in [2.75, 3.05) is 0 Å². The minimum atomic E-state index is -1.14. The fourth-order valence-corrected chi connectivity index (χ4v) is 13.2. The molecule has 10 atom stereocenters. The van der Waals surface area contributed by atoms with Gasteiger partial charge in [0, 0.05) is 16.4 Å². The lowest BCUT2D eigenvalue weighted by molar-refractivity contribution is -0.247. The maximum Gasteiger partial charge on any atom is 0.309 e. The summed E-state index contributed by atoms with van der Waals surface area (Å²) < 4.78 is 6.18. The highest BCUT2D eigenvalue weighted by Crippen LogP contribution is 2.77. The second-order valence-electron chi connectivity index (χ2n) is 19.1. The van der Waals surface area contributed by atoms with Crippen LogP contribution in [-0.4, -0.2) is 28.3 Å². The first-order valence-electron chi connectivity index (χ1n) is 19.2. The summed E-state index contributed by atoms with van der Waals surface area (Å²) in [6.45, 7) is 22.5. The molecule has 0 bridgehead atoms. The van der Waals surface area contributed by atoms with Gasteiger partial charge in [0.1, 0.15) is 6.10 Å². The van der Waals surface area contributed by atoms with Crippen molar-refractivity contribution in [2.45, 2.75) is 139 Å². The number of fused-ring (bicyclic) bond motifs is 7. The van der Waals surface area contributed by atoms with Crippen LogP contribution in [0.1, 0.15) is 137 Å². The first-order chi connectivity index (χ1) is 22.9. The van der Waals surface area contributed by atoms with Gasteiger partial charge >= 0.3 is 11.9 Å². The molecule has 5 unspecified atom stereocenters. The number of aliphatic hydroxyl groups is 1. The summed E-state index contributed by atoms with van der Waals surface area (Å²) in [7, 11) is 0. The summed E-state index contributed by atoms with van der Waals surface area (Å²) in [5.41, 5.74) is 2.41. The quantitative estimate of drug-likeness (QED) is 0.179. The van der Waals surface area contributed by atoms with Gasteiger partial charge in [-0.3, -0.25) is 9.59 Å². The molecule has 0 amide bonds. The van der Waals surface area contributed by atoms with E-state index in [0.717, 1.165) is 43.2 Å². The number of esters is 1. The van der Waals surface area contributed by atoms with E-state index in [9.17, 15) is 19.8 Å². The molecule has 5 fully saturated rings. The van der Waals surface area contributed by atoms with Crippen molar-refractivity contribution in [2.24, 2.45) is 62.1 Å². The van der Waals surface area contributed by atoms with Crippen LogP contribution in [0.3, 0.4) is 0 Å². The number of rotatable bonds is 6. The van der Waals surface area contributed by atoms with Crippen molar-refractivity contribution < 1.29 is 24.5 Å². The van der Waals surface area contributed by atoms with E-state index < -0.39 is 11.4 Å². The third-order valence-corrected chi connectivity index (χ3v) is 16.1. The molecule has 0 aromatic heterocycles. The second kappa shape index (κ2) is 12.3. The molecule has 49 heavy (non-hydrogen) atoms. The minimum Gasteiger partial charge on any atom is -0.481 e. The molecule has 5 nitrogen and oxygen atoms in total. The normalized spacial score (nSPS) is 40.8. The van der Waals surface area contributed by atoms with Crippen LogP contribution in [0.25, 0.3) is 0 Å². The number of carbonyl (C=O) groups is 2. The fraction of sp³-hybridized carbons (Fsp3) is 0.727. The fourth-order valence-electron chi connectivity index (χ4n) is 13.2. The summed E-state index contributed by atoms with van der Waals surface area (Å²) >= 11 is 0. The van der Waals surface area contributed by atoms with Crippen molar-refractivity contribution in [1.82, 2.24) is 0 Å². The first kappa shape index (κ1) is 36.2. The van der Waals surface area contributed by atoms with E-state index in [1.54, 1.807) is 13.8 Å². The molecule has 1 aromatic rings. The summed E-state index contributed by atoms with van der Waals surface area (Å²) in [4.78, 5) is 24.8. The molecular formula is C44H62O5. The lowest BCUT2D eigenvalue weighted by atomic mass is 9.32. The molecule has 5 aliphatic rings. The van der Waals surface area contributed by atoms with E-state index in [-0.39, 0.29) is 52.2 Å². The SMILES string of the molecule is C=C(C)C1CC[C@]2(C#Cc3ccccc3CO)CC[C@]3(C)C(CCC4[C@@]5(C)CC[C@H](OC(=O)CC(C)(C)C(=O)O)C(C)(C)C5CC[C@]43C)C12. The molecule has 5 aliphatic carbocycles. The number of carboxylic acid groups (broad SMARTS) is 1. The van der Waals surface area contributed by atoms with Crippen molar-refractivity contribution >= 4 is 11.9 Å². The van der Waals surface area contributed by atoms with E-state index in [0.29, 0.717) is 29.6 Å². The zero-order chi connectivity index (χ0) is 35.8. The number of carboxylic acids is 1. The van der Waals surface area contributed by atoms with Gasteiger partial charge in [0.25, 0.3) is 0 Å². The van der Waals surface area contributed by atoms with Crippen LogP contribution in [-0.2, 0) is 20.9 Å². The Hall–Kier alpha value is -2.58. The molecule has 268 valence electrons. The van der Waals surface area contributed by atoms with Crippen LogP contribution in [0.2, 0.25) is 0 Å². The lowest BCUT2D eigenvalue weighted by Gasteiger charge is -2.72. The van der Waals surface area contributed by atoms with Gasteiger partial charge in [-0.05, 0) is 142 Å². The lowest BCUT2D eigenvalue weighted by Crippen LogP contribution is -2.66. The number of ether oxygens (including phenoxy) is 1. The Bertz CT molecular complexity index is 1560. The van der Waals surface area contributed by atoms with Gasteiger partial charge in [-0.25, -0.2) is 0 Å². The predicted molar refractivity (Wildman–Crippen MR) is 194 cm³/mol. The number of hydrogen-bond donors (Lipinski definition) is 2. The third kappa shape index (κ3) is 5.53. The number of carbonyl (C=O) groups excluding carboxylic acids is 1. The Balaban J connectivity index is 1.29. The zero-order valence-electron chi connectivity index (χ0n) is 31.6. The van der Waals surface area contributed by atoms with Crippen molar-refractivity contribution in [3.63, 3.8) is 0 Å². The summed E-state index contributed by atoms with van der Waals surface area (Å²) in [5.74, 6) is 8.82. The zero-order valence-corrected chi connectivity index (χ0v) is 31.6. The Morgan fingerprint density at radius 3 is 2.31 bits per heavy atom. The van der Waals surface area contributed by atoms with Gasteiger partial charge in [0.15, 0.2) is 0 Å².